The van der Waals surface area contributed by atoms with E-state index in [1.807, 2.05) is 0 Å². The lowest BCUT2D eigenvalue weighted by atomic mass is 10.1. The lowest BCUT2D eigenvalue weighted by Gasteiger charge is -2.37. The van der Waals surface area contributed by atoms with Crippen molar-refractivity contribution in [1.82, 2.24) is 4.90 Å². The van der Waals surface area contributed by atoms with Crippen molar-refractivity contribution in [3.8, 4) is 5.75 Å². The fourth-order valence-corrected chi connectivity index (χ4v) is 2.76. The smallest absolute Gasteiger partial charge is 0.410 e. The number of non-ortho nitro benzene ring substituents is 1. The predicted molar refractivity (Wildman–Crippen MR) is 75.6 cm³/mol. The van der Waals surface area contributed by atoms with Crippen molar-refractivity contribution in [2.24, 2.45) is 5.73 Å². The molecule has 2 aliphatic rings. The van der Waals surface area contributed by atoms with Gasteiger partial charge in [0.2, 0.25) is 0 Å². The number of ether oxygens (including phenoxy) is 2. The largest absolute Gasteiger partial charge is 0.418 e. The Morgan fingerprint density at radius 3 is 2.62 bits per heavy atom. The molecular weight excluding hydrogens is 326 g/mol. The molecule has 11 heteroatoms. The molecule has 5 N–H and O–H groups in total. The molecule has 0 saturated carbocycles. The summed E-state index contributed by atoms with van der Waals surface area (Å²) in [7, 11) is 0. The average molecular weight is 341 g/mol. The summed E-state index contributed by atoms with van der Waals surface area (Å²) in [5, 5.41) is 39.8. The van der Waals surface area contributed by atoms with Crippen molar-refractivity contribution in [2.75, 3.05) is 6.61 Å². The van der Waals surface area contributed by atoms with Crippen molar-refractivity contribution in [3.63, 3.8) is 0 Å². The molecule has 1 aromatic carbocycles. The Morgan fingerprint density at radius 1 is 1.33 bits per heavy atom. The van der Waals surface area contributed by atoms with Gasteiger partial charge in [-0.2, -0.15) is 0 Å². The van der Waals surface area contributed by atoms with Gasteiger partial charge in [0.1, 0.15) is 30.2 Å². The molecule has 2 heterocycles. The van der Waals surface area contributed by atoms with Crippen LogP contribution in [0.5, 0.6) is 5.75 Å². The number of amides is 1. The number of nitro groups is 1. The zero-order valence-electron chi connectivity index (χ0n) is 12.2. The van der Waals surface area contributed by atoms with Gasteiger partial charge in [-0.3, -0.25) is 15.0 Å². The molecule has 0 spiro atoms. The lowest BCUT2D eigenvalue weighted by molar-refractivity contribution is -0.385. The monoisotopic (exact) mass is 341 g/mol. The summed E-state index contributed by atoms with van der Waals surface area (Å²) in [5.74, 6) is 0.0566. The molecule has 1 aromatic rings. The molecule has 0 bridgehead atoms. The van der Waals surface area contributed by atoms with E-state index in [4.69, 9.17) is 20.3 Å². The summed E-state index contributed by atoms with van der Waals surface area (Å²) in [6.07, 6.45) is -7.57. The van der Waals surface area contributed by atoms with Gasteiger partial charge < -0.3 is 30.5 Å². The Bertz CT molecular complexity index is 683. The van der Waals surface area contributed by atoms with Gasteiger partial charge in [-0.1, -0.05) is 0 Å². The van der Waals surface area contributed by atoms with Crippen LogP contribution in [0.3, 0.4) is 0 Å². The summed E-state index contributed by atoms with van der Waals surface area (Å²) in [5.41, 5.74) is 5.90. The fourth-order valence-electron chi connectivity index (χ4n) is 2.76. The second-order valence-electron chi connectivity index (χ2n) is 5.43. The van der Waals surface area contributed by atoms with Gasteiger partial charge in [-0.25, -0.2) is 4.79 Å². The number of fused-ring (bicyclic) bond motifs is 1. The number of carbonyl (C=O) groups is 1. The van der Waals surface area contributed by atoms with Crippen LogP contribution in [0.2, 0.25) is 0 Å². The third-order valence-corrected chi connectivity index (χ3v) is 4.02. The molecule has 0 aromatic heterocycles. The summed E-state index contributed by atoms with van der Waals surface area (Å²) in [6.45, 7) is -0.574. The maximum Gasteiger partial charge on any atom is 0.418 e. The first-order valence-corrected chi connectivity index (χ1v) is 7.01. The van der Waals surface area contributed by atoms with Crippen molar-refractivity contribution in [3.05, 3.63) is 33.9 Å². The van der Waals surface area contributed by atoms with E-state index in [2.05, 4.69) is 0 Å². The maximum atomic E-state index is 12.2. The van der Waals surface area contributed by atoms with Crippen LogP contribution in [0.25, 0.3) is 0 Å². The third-order valence-electron chi connectivity index (χ3n) is 4.02. The minimum absolute atomic E-state index is 0.0566. The Morgan fingerprint density at radius 2 is 2.04 bits per heavy atom. The number of aliphatic hydroxyl groups excluding tert-OH is 3. The Balaban J connectivity index is 1.95. The lowest BCUT2D eigenvalue weighted by Crippen LogP contribution is -2.54. The van der Waals surface area contributed by atoms with Crippen LogP contribution in [0, 0.1) is 10.1 Å². The van der Waals surface area contributed by atoms with E-state index in [0.29, 0.717) is 0 Å². The number of carbonyl (C=O) groups excluding carboxylic acids is 1. The Hall–Kier alpha value is -2.31. The molecule has 130 valence electrons. The minimum atomic E-state index is -1.53. The molecule has 1 amide bonds. The highest BCUT2D eigenvalue weighted by Crippen LogP contribution is 2.38. The quantitative estimate of drug-likeness (QED) is 0.390. The molecule has 1 fully saturated rings. The minimum Gasteiger partial charge on any atom is -0.410 e. The number of nitrogens with two attached hydrogens (primary N) is 1. The van der Waals surface area contributed by atoms with Gasteiger partial charge >= 0.3 is 6.09 Å². The van der Waals surface area contributed by atoms with Crippen LogP contribution in [-0.4, -0.2) is 62.4 Å². The van der Waals surface area contributed by atoms with Crippen LogP contribution < -0.4 is 10.5 Å². The van der Waals surface area contributed by atoms with E-state index in [-0.39, 0.29) is 17.0 Å². The number of nitro benzene ring substituents is 1. The predicted octanol–water partition coefficient (Wildman–Crippen LogP) is -1.19. The van der Waals surface area contributed by atoms with Gasteiger partial charge in [0.25, 0.3) is 5.69 Å². The van der Waals surface area contributed by atoms with Crippen LogP contribution in [0.15, 0.2) is 18.2 Å². The van der Waals surface area contributed by atoms with Gasteiger partial charge in [0.15, 0.2) is 6.23 Å². The van der Waals surface area contributed by atoms with Crippen LogP contribution in [-0.2, 0) is 4.74 Å². The standard InChI is InChI=1S/C13H15N3O8/c14-11-6-3-5(16(21)22)1-2-7(6)24-13(20)15(11)12-10(19)9(18)8(4-17)23-12/h1-3,8-12,17-19H,4,14H2/t8-,9-,10-,11?,12-/m1/s1. The number of hydrogen-bond acceptors (Lipinski definition) is 9. The molecule has 5 atom stereocenters. The maximum absolute atomic E-state index is 12.2. The van der Waals surface area contributed by atoms with Crippen molar-refractivity contribution in [1.29, 1.82) is 0 Å². The highest BCUT2D eigenvalue weighted by molar-refractivity contribution is 5.75. The highest BCUT2D eigenvalue weighted by Gasteiger charge is 2.50. The van der Waals surface area contributed by atoms with Crippen LogP contribution >= 0.6 is 0 Å². The first kappa shape index (κ1) is 16.5. The second kappa shape index (κ2) is 5.96. The van der Waals surface area contributed by atoms with Crippen molar-refractivity contribution >= 4 is 11.8 Å². The zero-order valence-corrected chi connectivity index (χ0v) is 12.2. The first-order chi connectivity index (χ1) is 11.3. The summed E-state index contributed by atoms with van der Waals surface area (Å²) >= 11 is 0. The van der Waals surface area contributed by atoms with Gasteiger partial charge in [0, 0.05) is 17.7 Å². The average Bonchev–Trinajstić information content (AvgIpc) is 2.82. The van der Waals surface area contributed by atoms with E-state index in [1.165, 1.54) is 12.1 Å². The van der Waals surface area contributed by atoms with Crippen molar-refractivity contribution in [2.45, 2.75) is 30.7 Å². The second-order valence-corrected chi connectivity index (χ2v) is 5.43. The molecule has 1 unspecified atom stereocenters. The van der Waals surface area contributed by atoms with E-state index >= 15 is 0 Å². The van der Waals surface area contributed by atoms with E-state index in [1.54, 1.807) is 0 Å². The molecule has 24 heavy (non-hydrogen) atoms. The number of benzene rings is 1. The molecule has 0 aliphatic carbocycles. The van der Waals surface area contributed by atoms with Gasteiger partial charge in [-0.15, -0.1) is 0 Å². The Labute approximate surface area is 134 Å². The number of hydrogen-bond donors (Lipinski definition) is 4. The number of rotatable bonds is 3. The fraction of sp³-hybridized carbons (Fsp3) is 0.462. The molecule has 0 radical (unpaired) electrons. The summed E-state index contributed by atoms with van der Waals surface area (Å²) in [6, 6.07) is 3.57. The topological polar surface area (TPSA) is 169 Å². The van der Waals surface area contributed by atoms with E-state index in [0.717, 1.165) is 11.0 Å². The molecule has 3 rings (SSSR count). The highest BCUT2D eigenvalue weighted by atomic mass is 16.6. The van der Waals surface area contributed by atoms with Gasteiger partial charge in [0.05, 0.1) is 11.5 Å². The Kier molecular flexibility index (Phi) is 4.11. The number of aliphatic hydroxyl groups is 3. The van der Waals surface area contributed by atoms with Crippen LogP contribution in [0.4, 0.5) is 10.5 Å². The third kappa shape index (κ3) is 2.48. The van der Waals surface area contributed by atoms with Crippen molar-refractivity contribution < 1.29 is 34.5 Å². The summed E-state index contributed by atoms with van der Waals surface area (Å²) in [4.78, 5) is 23.3. The van der Waals surface area contributed by atoms with Crippen LogP contribution in [0.1, 0.15) is 11.7 Å². The first-order valence-electron chi connectivity index (χ1n) is 7.01. The SMILES string of the molecule is NC1c2cc([N+](=O)[O-])ccc2OC(=O)N1[C@@H]1O[C@H](CO)[C@@H](O)[C@H]1O. The molecular formula is C13H15N3O8. The van der Waals surface area contributed by atoms with E-state index < -0.39 is 48.3 Å². The molecule has 11 nitrogen and oxygen atoms in total. The van der Waals surface area contributed by atoms with Gasteiger partial charge in [-0.05, 0) is 6.07 Å². The molecule has 1 saturated heterocycles. The number of nitrogens with zero attached hydrogens (tertiary/aromatic N) is 2. The molecule has 2 aliphatic heterocycles. The normalized spacial score (nSPS) is 32.4. The van der Waals surface area contributed by atoms with E-state index in [9.17, 15) is 25.1 Å². The zero-order chi connectivity index (χ0) is 17.6. The summed E-state index contributed by atoms with van der Waals surface area (Å²) < 4.78 is 10.3.